The number of amides is 1. The third-order valence-electron chi connectivity index (χ3n) is 4.06. The number of nitrogens with zero attached hydrogens (tertiary/aromatic N) is 1. The largest absolute Gasteiger partial charge is 0.387 e. The van der Waals surface area contributed by atoms with Gasteiger partial charge in [0.05, 0.1) is 17.7 Å². The number of aliphatic hydroxyl groups excluding tert-OH is 1. The SMILES string of the molecule is CC(O)c1cccc(NC2(c3ccccc3F)SC=CC2C(N)=O)n1. The summed E-state index contributed by atoms with van der Waals surface area (Å²) in [5.41, 5.74) is 6.36. The van der Waals surface area contributed by atoms with Crippen LogP contribution < -0.4 is 11.1 Å². The quantitative estimate of drug-likeness (QED) is 0.764. The number of anilines is 1. The van der Waals surface area contributed by atoms with Gasteiger partial charge in [-0.15, -0.1) is 0 Å². The molecule has 1 aromatic heterocycles. The first-order valence-electron chi connectivity index (χ1n) is 7.76. The molecule has 2 aromatic rings. The van der Waals surface area contributed by atoms with Gasteiger partial charge in [0.25, 0.3) is 0 Å². The van der Waals surface area contributed by atoms with Crippen LogP contribution in [0, 0.1) is 11.7 Å². The number of benzene rings is 1. The van der Waals surface area contributed by atoms with Crippen molar-refractivity contribution >= 4 is 23.5 Å². The first kappa shape index (κ1) is 17.4. The Morgan fingerprint density at radius 2 is 2.12 bits per heavy atom. The number of thioether (sulfide) groups is 1. The standard InChI is InChI=1S/C18H18FN3O2S/c1-11(23)15-7-4-8-16(21-15)22-18(12-5-2-3-6-14(12)19)13(17(20)24)9-10-25-18/h2-11,13,23H,1H3,(H2,20,24)(H,21,22). The van der Waals surface area contributed by atoms with Crippen molar-refractivity contribution in [2.75, 3.05) is 5.32 Å². The monoisotopic (exact) mass is 359 g/mol. The summed E-state index contributed by atoms with van der Waals surface area (Å²) in [7, 11) is 0. The number of halogens is 1. The molecule has 0 saturated carbocycles. The highest BCUT2D eigenvalue weighted by Crippen LogP contribution is 2.49. The molecule has 3 rings (SSSR count). The lowest BCUT2D eigenvalue weighted by atomic mass is 9.91. The summed E-state index contributed by atoms with van der Waals surface area (Å²) >= 11 is 1.27. The zero-order chi connectivity index (χ0) is 18.0. The second-order valence-electron chi connectivity index (χ2n) is 5.79. The van der Waals surface area contributed by atoms with Gasteiger partial charge in [0.15, 0.2) is 0 Å². The second kappa shape index (κ2) is 6.85. The number of carbonyl (C=O) groups is 1. The zero-order valence-electron chi connectivity index (χ0n) is 13.5. The van der Waals surface area contributed by atoms with E-state index in [1.807, 2.05) is 0 Å². The summed E-state index contributed by atoms with van der Waals surface area (Å²) in [5.74, 6) is -1.34. The molecule has 1 aliphatic rings. The van der Waals surface area contributed by atoms with Gasteiger partial charge in [-0.3, -0.25) is 4.79 Å². The zero-order valence-corrected chi connectivity index (χ0v) is 14.3. The predicted molar refractivity (Wildman–Crippen MR) is 96.0 cm³/mol. The van der Waals surface area contributed by atoms with E-state index in [9.17, 15) is 14.3 Å². The lowest BCUT2D eigenvalue weighted by Crippen LogP contribution is -2.44. The minimum absolute atomic E-state index is 0.318. The van der Waals surface area contributed by atoms with Crippen molar-refractivity contribution in [3.63, 3.8) is 0 Å². The molecule has 0 bridgehead atoms. The van der Waals surface area contributed by atoms with Crippen LogP contribution in [0.4, 0.5) is 10.2 Å². The van der Waals surface area contributed by atoms with E-state index >= 15 is 0 Å². The van der Waals surface area contributed by atoms with Crippen molar-refractivity contribution in [3.05, 3.63) is 71.0 Å². The molecule has 0 radical (unpaired) electrons. The van der Waals surface area contributed by atoms with Crippen LogP contribution in [0.5, 0.6) is 0 Å². The van der Waals surface area contributed by atoms with Gasteiger partial charge in [0.1, 0.15) is 16.5 Å². The van der Waals surface area contributed by atoms with Crippen LogP contribution in [0.1, 0.15) is 24.3 Å². The van der Waals surface area contributed by atoms with Gasteiger partial charge < -0.3 is 16.2 Å². The topological polar surface area (TPSA) is 88.2 Å². The van der Waals surface area contributed by atoms with Gasteiger partial charge in [-0.1, -0.05) is 42.1 Å². The highest BCUT2D eigenvalue weighted by Gasteiger charge is 2.47. The van der Waals surface area contributed by atoms with Crippen molar-refractivity contribution in [2.24, 2.45) is 11.7 Å². The molecule has 0 fully saturated rings. The van der Waals surface area contributed by atoms with Gasteiger partial charge in [0.2, 0.25) is 5.91 Å². The molecule has 3 atom stereocenters. The van der Waals surface area contributed by atoms with Crippen LogP contribution in [0.25, 0.3) is 0 Å². The third kappa shape index (κ3) is 3.25. The first-order chi connectivity index (χ1) is 11.9. The Labute approximate surface area is 149 Å². The molecule has 7 heteroatoms. The number of primary amides is 1. The Morgan fingerprint density at radius 1 is 1.36 bits per heavy atom. The molecule has 0 saturated heterocycles. The van der Waals surface area contributed by atoms with Crippen LogP contribution in [0.2, 0.25) is 0 Å². The highest BCUT2D eigenvalue weighted by atomic mass is 32.2. The van der Waals surface area contributed by atoms with Crippen molar-refractivity contribution in [2.45, 2.75) is 17.9 Å². The number of carbonyl (C=O) groups excluding carboxylic acids is 1. The van der Waals surface area contributed by atoms with Crippen molar-refractivity contribution in [1.82, 2.24) is 4.98 Å². The summed E-state index contributed by atoms with van der Waals surface area (Å²) < 4.78 is 14.5. The van der Waals surface area contributed by atoms with Crippen LogP contribution in [-0.4, -0.2) is 16.0 Å². The maximum atomic E-state index is 14.5. The minimum atomic E-state index is -1.14. The number of hydrogen-bond donors (Lipinski definition) is 3. The van der Waals surface area contributed by atoms with E-state index in [0.29, 0.717) is 17.1 Å². The first-order valence-corrected chi connectivity index (χ1v) is 8.64. The van der Waals surface area contributed by atoms with Crippen molar-refractivity contribution in [3.8, 4) is 0 Å². The maximum Gasteiger partial charge on any atom is 0.228 e. The third-order valence-corrected chi connectivity index (χ3v) is 5.30. The molecule has 0 spiro atoms. The molecule has 25 heavy (non-hydrogen) atoms. The molecule has 2 heterocycles. The second-order valence-corrected chi connectivity index (χ2v) is 6.94. The Kier molecular flexibility index (Phi) is 4.78. The fraction of sp³-hybridized carbons (Fsp3) is 0.222. The van der Waals surface area contributed by atoms with Crippen LogP contribution in [0.15, 0.2) is 53.9 Å². The van der Waals surface area contributed by atoms with E-state index in [1.165, 1.54) is 17.8 Å². The average Bonchev–Trinajstić information content (AvgIpc) is 3.00. The van der Waals surface area contributed by atoms with Gasteiger partial charge in [-0.25, -0.2) is 9.37 Å². The molecule has 1 aliphatic heterocycles. The molecular weight excluding hydrogens is 341 g/mol. The summed E-state index contributed by atoms with van der Waals surface area (Å²) in [5, 5.41) is 14.6. The van der Waals surface area contributed by atoms with E-state index in [-0.39, 0.29) is 0 Å². The van der Waals surface area contributed by atoms with Gasteiger partial charge in [-0.2, -0.15) is 0 Å². The van der Waals surface area contributed by atoms with E-state index in [4.69, 9.17) is 5.73 Å². The number of nitrogens with two attached hydrogens (primary N) is 1. The number of pyridine rings is 1. The molecular formula is C18H18FN3O2S. The van der Waals surface area contributed by atoms with E-state index in [1.54, 1.807) is 54.8 Å². The van der Waals surface area contributed by atoms with Crippen LogP contribution in [-0.2, 0) is 9.67 Å². The number of rotatable bonds is 5. The van der Waals surface area contributed by atoms with E-state index in [2.05, 4.69) is 10.3 Å². The summed E-state index contributed by atoms with van der Waals surface area (Å²) in [4.78, 5) is 15.2. The number of nitrogens with one attached hydrogen (secondary N) is 1. The predicted octanol–water partition coefficient (Wildman–Crippen LogP) is 2.90. The fourth-order valence-electron chi connectivity index (χ4n) is 2.84. The Morgan fingerprint density at radius 3 is 2.80 bits per heavy atom. The molecule has 3 unspecified atom stereocenters. The van der Waals surface area contributed by atoms with Crippen molar-refractivity contribution in [1.29, 1.82) is 0 Å². The summed E-state index contributed by atoms with van der Waals surface area (Å²) in [6.07, 6.45) is 0.915. The molecule has 0 aliphatic carbocycles. The molecule has 1 amide bonds. The number of aliphatic hydroxyl groups is 1. The van der Waals surface area contributed by atoms with Gasteiger partial charge in [0, 0.05) is 5.56 Å². The van der Waals surface area contributed by atoms with E-state index in [0.717, 1.165) is 0 Å². The van der Waals surface area contributed by atoms with E-state index < -0.39 is 28.6 Å². The fourth-order valence-corrected chi connectivity index (χ4v) is 4.09. The smallest absolute Gasteiger partial charge is 0.228 e. The Balaban J connectivity index is 2.09. The number of hydrogen-bond acceptors (Lipinski definition) is 5. The Bertz CT molecular complexity index is 827. The van der Waals surface area contributed by atoms with Gasteiger partial charge in [-0.05, 0) is 30.5 Å². The Hall–Kier alpha value is -2.38. The van der Waals surface area contributed by atoms with Gasteiger partial charge >= 0.3 is 0 Å². The lowest BCUT2D eigenvalue weighted by molar-refractivity contribution is -0.121. The van der Waals surface area contributed by atoms with Crippen LogP contribution >= 0.6 is 11.8 Å². The molecule has 130 valence electrons. The maximum absolute atomic E-state index is 14.5. The highest BCUT2D eigenvalue weighted by molar-refractivity contribution is 8.03. The average molecular weight is 359 g/mol. The molecule has 4 N–H and O–H groups in total. The van der Waals surface area contributed by atoms with Crippen LogP contribution in [0.3, 0.4) is 0 Å². The normalized spacial score (nSPS) is 23.4. The molecule has 5 nitrogen and oxygen atoms in total. The van der Waals surface area contributed by atoms with Crippen molar-refractivity contribution < 1.29 is 14.3 Å². The summed E-state index contributed by atoms with van der Waals surface area (Å²) in [6, 6.07) is 11.4. The minimum Gasteiger partial charge on any atom is -0.387 e. The number of aromatic nitrogens is 1. The molecule has 1 aromatic carbocycles. The lowest BCUT2D eigenvalue weighted by Gasteiger charge is -2.35. The summed E-state index contributed by atoms with van der Waals surface area (Å²) in [6.45, 7) is 1.61.